The number of hydrogen-bond acceptors (Lipinski definition) is 5. The van der Waals surface area contributed by atoms with E-state index in [1.807, 2.05) is 12.1 Å². The van der Waals surface area contributed by atoms with Gasteiger partial charge in [0.05, 0.1) is 30.2 Å². The van der Waals surface area contributed by atoms with Crippen molar-refractivity contribution in [1.82, 2.24) is 10.3 Å². The number of carbonyl (C=O) groups is 1. The predicted octanol–water partition coefficient (Wildman–Crippen LogP) is 2.20. The van der Waals surface area contributed by atoms with Crippen molar-refractivity contribution in [2.45, 2.75) is 25.5 Å². The zero-order valence-corrected chi connectivity index (χ0v) is 12.2. The molecule has 1 fully saturated rings. The van der Waals surface area contributed by atoms with Crippen LogP contribution < -0.4 is 10.6 Å². The summed E-state index contributed by atoms with van der Waals surface area (Å²) in [7, 11) is 0. The monoisotopic (exact) mass is 301 g/mol. The van der Waals surface area contributed by atoms with Crippen LogP contribution in [-0.2, 0) is 11.3 Å². The summed E-state index contributed by atoms with van der Waals surface area (Å²) in [5.74, 6) is 0.692. The molecule has 2 aromatic heterocycles. The standard InChI is InChI=1S/C16H19N3O3/c20-16(19-11-15-4-2-6-22-15)12-7-13(9-17-8-12)18-10-14-3-1-5-21-14/h1,3,5,7-9,15,18H,2,4,6,10-11H2,(H,19,20). The predicted molar refractivity (Wildman–Crippen MR) is 81.6 cm³/mol. The van der Waals surface area contributed by atoms with E-state index in [4.69, 9.17) is 9.15 Å². The third-order valence-corrected chi connectivity index (χ3v) is 3.56. The van der Waals surface area contributed by atoms with Gasteiger partial charge in [-0.2, -0.15) is 0 Å². The Kier molecular flexibility index (Phi) is 4.70. The van der Waals surface area contributed by atoms with Crippen LogP contribution in [0.3, 0.4) is 0 Å². The van der Waals surface area contributed by atoms with Crippen molar-refractivity contribution >= 4 is 11.6 Å². The van der Waals surface area contributed by atoms with Crippen molar-refractivity contribution in [3.05, 3.63) is 48.2 Å². The van der Waals surface area contributed by atoms with Gasteiger partial charge >= 0.3 is 0 Å². The summed E-state index contributed by atoms with van der Waals surface area (Å²) in [5, 5.41) is 6.07. The van der Waals surface area contributed by atoms with Gasteiger partial charge in [0.15, 0.2) is 0 Å². The Bertz CT molecular complexity index is 607. The quantitative estimate of drug-likeness (QED) is 0.855. The molecule has 3 rings (SSSR count). The Morgan fingerprint density at radius 2 is 2.36 bits per heavy atom. The second-order valence-electron chi connectivity index (χ2n) is 5.24. The third kappa shape index (κ3) is 3.85. The van der Waals surface area contributed by atoms with Gasteiger partial charge in [-0.1, -0.05) is 0 Å². The van der Waals surface area contributed by atoms with E-state index in [1.54, 1.807) is 24.7 Å². The fraction of sp³-hybridized carbons (Fsp3) is 0.375. The number of nitrogens with zero attached hydrogens (tertiary/aromatic N) is 1. The van der Waals surface area contributed by atoms with Crippen LogP contribution in [0, 0.1) is 0 Å². The van der Waals surface area contributed by atoms with E-state index < -0.39 is 0 Å². The summed E-state index contributed by atoms with van der Waals surface area (Å²) in [6.07, 6.45) is 7.07. The Hall–Kier alpha value is -2.34. The lowest BCUT2D eigenvalue weighted by Gasteiger charge is -2.11. The van der Waals surface area contributed by atoms with E-state index in [1.165, 1.54) is 0 Å². The van der Waals surface area contributed by atoms with Gasteiger partial charge in [0.2, 0.25) is 0 Å². The van der Waals surface area contributed by atoms with Gasteiger partial charge < -0.3 is 19.8 Å². The maximum atomic E-state index is 12.1. The van der Waals surface area contributed by atoms with Crippen molar-refractivity contribution in [3.63, 3.8) is 0 Å². The summed E-state index contributed by atoms with van der Waals surface area (Å²) in [6.45, 7) is 1.88. The van der Waals surface area contributed by atoms with Crippen molar-refractivity contribution < 1.29 is 13.9 Å². The Morgan fingerprint density at radius 3 is 3.14 bits per heavy atom. The first-order valence-electron chi connectivity index (χ1n) is 7.42. The molecule has 1 saturated heterocycles. The average Bonchev–Trinajstić information content (AvgIpc) is 3.24. The summed E-state index contributed by atoms with van der Waals surface area (Å²) >= 11 is 0. The van der Waals surface area contributed by atoms with Crippen LogP contribution >= 0.6 is 0 Å². The van der Waals surface area contributed by atoms with Gasteiger partial charge in [-0.25, -0.2) is 0 Å². The van der Waals surface area contributed by atoms with Gasteiger partial charge in [0, 0.05) is 25.5 Å². The minimum Gasteiger partial charge on any atom is -0.467 e. The van der Waals surface area contributed by atoms with E-state index in [2.05, 4.69) is 15.6 Å². The third-order valence-electron chi connectivity index (χ3n) is 3.56. The molecule has 1 aliphatic heterocycles. The summed E-state index contributed by atoms with van der Waals surface area (Å²) in [6, 6.07) is 5.50. The second kappa shape index (κ2) is 7.09. The van der Waals surface area contributed by atoms with Crippen molar-refractivity contribution in [3.8, 4) is 0 Å². The highest BCUT2D eigenvalue weighted by atomic mass is 16.5. The highest BCUT2D eigenvalue weighted by Crippen LogP contribution is 2.13. The lowest BCUT2D eigenvalue weighted by molar-refractivity contribution is 0.0857. The molecule has 6 nitrogen and oxygen atoms in total. The zero-order valence-electron chi connectivity index (χ0n) is 12.2. The molecule has 1 atom stereocenters. The van der Waals surface area contributed by atoms with Crippen LogP contribution in [0.1, 0.15) is 29.0 Å². The molecule has 0 aromatic carbocycles. The number of furan rings is 1. The van der Waals surface area contributed by atoms with Crippen LogP contribution in [0.4, 0.5) is 5.69 Å². The summed E-state index contributed by atoms with van der Waals surface area (Å²) in [5.41, 5.74) is 1.31. The minimum atomic E-state index is -0.135. The first-order valence-corrected chi connectivity index (χ1v) is 7.42. The van der Waals surface area contributed by atoms with Gasteiger partial charge in [0.25, 0.3) is 5.91 Å². The van der Waals surface area contributed by atoms with Crippen molar-refractivity contribution in [1.29, 1.82) is 0 Å². The van der Waals surface area contributed by atoms with Crippen LogP contribution in [0.2, 0.25) is 0 Å². The van der Waals surface area contributed by atoms with Gasteiger partial charge in [-0.05, 0) is 31.0 Å². The second-order valence-corrected chi connectivity index (χ2v) is 5.24. The first-order chi connectivity index (χ1) is 10.8. The molecule has 116 valence electrons. The van der Waals surface area contributed by atoms with E-state index in [0.29, 0.717) is 18.7 Å². The largest absolute Gasteiger partial charge is 0.467 e. The molecule has 6 heteroatoms. The fourth-order valence-corrected chi connectivity index (χ4v) is 2.38. The lowest BCUT2D eigenvalue weighted by atomic mass is 10.2. The Morgan fingerprint density at radius 1 is 1.41 bits per heavy atom. The van der Waals surface area contributed by atoms with E-state index >= 15 is 0 Å². The van der Waals surface area contributed by atoms with Crippen LogP contribution in [0.25, 0.3) is 0 Å². The molecule has 1 unspecified atom stereocenters. The summed E-state index contributed by atoms with van der Waals surface area (Å²) < 4.78 is 10.7. The van der Waals surface area contributed by atoms with Crippen LogP contribution in [-0.4, -0.2) is 30.1 Å². The molecule has 0 aliphatic carbocycles. The number of amides is 1. The highest BCUT2D eigenvalue weighted by Gasteiger charge is 2.16. The van der Waals surface area contributed by atoms with Gasteiger partial charge in [-0.15, -0.1) is 0 Å². The Labute approximate surface area is 128 Å². The molecule has 2 aromatic rings. The molecular weight excluding hydrogens is 282 g/mol. The van der Waals surface area contributed by atoms with E-state index in [0.717, 1.165) is 30.9 Å². The molecule has 1 amide bonds. The molecule has 22 heavy (non-hydrogen) atoms. The molecule has 3 heterocycles. The number of nitrogens with one attached hydrogen (secondary N) is 2. The number of carbonyl (C=O) groups excluding carboxylic acids is 1. The first kappa shape index (κ1) is 14.6. The number of pyridine rings is 1. The van der Waals surface area contributed by atoms with Gasteiger partial charge in [0.1, 0.15) is 5.76 Å². The topological polar surface area (TPSA) is 76.4 Å². The maximum Gasteiger partial charge on any atom is 0.253 e. The number of anilines is 1. The highest BCUT2D eigenvalue weighted by molar-refractivity contribution is 5.94. The number of ether oxygens (including phenoxy) is 1. The number of hydrogen-bond donors (Lipinski definition) is 2. The molecular formula is C16H19N3O3. The smallest absolute Gasteiger partial charge is 0.253 e. The molecule has 0 bridgehead atoms. The maximum absolute atomic E-state index is 12.1. The molecule has 0 spiro atoms. The van der Waals surface area contributed by atoms with E-state index in [9.17, 15) is 4.79 Å². The van der Waals surface area contributed by atoms with E-state index in [-0.39, 0.29) is 12.0 Å². The molecule has 0 saturated carbocycles. The fourth-order valence-electron chi connectivity index (χ4n) is 2.38. The van der Waals surface area contributed by atoms with Crippen molar-refractivity contribution in [2.24, 2.45) is 0 Å². The zero-order chi connectivity index (χ0) is 15.2. The van der Waals surface area contributed by atoms with Gasteiger partial charge in [-0.3, -0.25) is 9.78 Å². The molecule has 1 aliphatic rings. The Balaban J connectivity index is 1.54. The number of rotatable bonds is 6. The lowest BCUT2D eigenvalue weighted by Crippen LogP contribution is -2.31. The SMILES string of the molecule is O=C(NCC1CCCO1)c1cncc(NCc2ccco2)c1. The van der Waals surface area contributed by atoms with Crippen LogP contribution in [0.15, 0.2) is 41.3 Å². The molecule has 2 N–H and O–H groups in total. The normalized spacial score (nSPS) is 17.4. The average molecular weight is 301 g/mol. The molecule has 0 radical (unpaired) electrons. The van der Waals surface area contributed by atoms with Crippen LogP contribution in [0.5, 0.6) is 0 Å². The van der Waals surface area contributed by atoms with Crippen molar-refractivity contribution in [2.75, 3.05) is 18.5 Å². The summed E-state index contributed by atoms with van der Waals surface area (Å²) in [4.78, 5) is 16.2. The number of aromatic nitrogens is 1. The minimum absolute atomic E-state index is 0.135.